The van der Waals surface area contributed by atoms with Crippen molar-refractivity contribution in [2.45, 2.75) is 38.1 Å². The number of aromatic amines is 1. The van der Waals surface area contributed by atoms with Crippen molar-refractivity contribution in [2.75, 3.05) is 0 Å². The molecule has 0 amide bonds. The van der Waals surface area contributed by atoms with Crippen LogP contribution in [0, 0.1) is 0 Å². The Hall–Kier alpha value is -1.28. The maximum absolute atomic E-state index is 5.90. The third-order valence-electron chi connectivity index (χ3n) is 3.74. The molecule has 2 aromatic rings. The average molecular weight is 214 g/mol. The second-order valence-electron chi connectivity index (χ2n) is 4.99. The van der Waals surface area contributed by atoms with E-state index in [2.05, 4.69) is 29.2 Å². The highest BCUT2D eigenvalue weighted by Crippen LogP contribution is 2.37. The molecule has 1 heterocycles. The van der Waals surface area contributed by atoms with E-state index in [0.717, 1.165) is 5.92 Å². The molecule has 1 unspecified atom stereocenters. The number of aromatic nitrogens is 1. The van der Waals surface area contributed by atoms with E-state index in [0.29, 0.717) is 0 Å². The van der Waals surface area contributed by atoms with Crippen LogP contribution < -0.4 is 5.73 Å². The van der Waals surface area contributed by atoms with Crippen LogP contribution in [0.5, 0.6) is 0 Å². The Morgan fingerprint density at radius 2 is 2.12 bits per heavy atom. The summed E-state index contributed by atoms with van der Waals surface area (Å²) in [7, 11) is 0. The van der Waals surface area contributed by atoms with Crippen LogP contribution >= 0.6 is 0 Å². The molecule has 0 spiro atoms. The van der Waals surface area contributed by atoms with Gasteiger partial charge in [0.05, 0.1) is 0 Å². The molecular weight excluding hydrogens is 196 g/mol. The standard InChI is InChI=1S/C14H18N2/c1-9(15)11-5-6-13-12(7-11)8-14(16-13)10-3-2-4-10/h5-10,16H,2-4,15H2,1H3. The Morgan fingerprint density at radius 3 is 2.75 bits per heavy atom. The Kier molecular flexibility index (Phi) is 2.25. The first-order valence-corrected chi connectivity index (χ1v) is 6.12. The molecule has 16 heavy (non-hydrogen) atoms. The molecule has 2 heteroatoms. The lowest BCUT2D eigenvalue weighted by atomic mass is 9.83. The summed E-state index contributed by atoms with van der Waals surface area (Å²) < 4.78 is 0. The SMILES string of the molecule is CC(N)c1ccc2[nH]c(C3CCC3)cc2c1. The quantitative estimate of drug-likeness (QED) is 0.789. The van der Waals surface area contributed by atoms with Gasteiger partial charge in [-0.15, -0.1) is 0 Å². The van der Waals surface area contributed by atoms with E-state index >= 15 is 0 Å². The minimum atomic E-state index is 0.117. The number of fused-ring (bicyclic) bond motifs is 1. The van der Waals surface area contributed by atoms with Gasteiger partial charge in [0.15, 0.2) is 0 Å². The van der Waals surface area contributed by atoms with Crippen molar-refractivity contribution in [3.8, 4) is 0 Å². The van der Waals surface area contributed by atoms with Crippen LogP contribution in [0.15, 0.2) is 24.3 Å². The van der Waals surface area contributed by atoms with Crippen molar-refractivity contribution in [3.63, 3.8) is 0 Å². The fraction of sp³-hybridized carbons (Fsp3) is 0.429. The molecule has 2 nitrogen and oxygen atoms in total. The van der Waals surface area contributed by atoms with E-state index < -0.39 is 0 Å². The lowest BCUT2D eigenvalue weighted by molar-refractivity contribution is 0.413. The van der Waals surface area contributed by atoms with Crippen molar-refractivity contribution in [2.24, 2.45) is 5.73 Å². The van der Waals surface area contributed by atoms with Crippen molar-refractivity contribution in [3.05, 3.63) is 35.5 Å². The second kappa shape index (κ2) is 3.63. The predicted molar refractivity (Wildman–Crippen MR) is 67.5 cm³/mol. The summed E-state index contributed by atoms with van der Waals surface area (Å²) in [5.41, 5.74) is 9.76. The van der Waals surface area contributed by atoms with Crippen molar-refractivity contribution in [1.82, 2.24) is 4.98 Å². The summed E-state index contributed by atoms with van der Waals surface area (Å²) in [5.74, 6) is 0.770. The van der Waals surface area contributed by atoms with Gasteiger partial charge in [0.1, 0.15) is 0 Å². The summed E-state index contributed by atoms with van der Waals surface area (Å²) in [6.45, 7) is 2.03. The molecule has 0 aliphatic heterocycles. The number of nitrogens with one attached hydrogen (secondary N) is 1. The van der Waals surface area contributed by atoms with Crippen LogP contribution in [0.4, 0.5) is 0 Å². The van der Waals surface area contributed by atoms with E-state index in [1.165, 1.54) is 41.4 Å². The van der Waals surface area contributed by atoms with Gasteiger partial charge < -0.3 is 10.7 Å². The summed E-state index contributed by atoms with van der Waals surface area (Å²) in [4.78, 5) is 3.52. The second-order valence-corrected chi connectivity index (χ2v) is 4.99. The van der Waals surface area contributed by atoms with Gasteiger partial charge in [-0.25, -0.2) is 0 Å². The first-order valence-electron chi connectivity index (χ1n) is 6.12. The first-order chi connectivity index (χ1) is 7.74. The highest BCUT2D eigenvalue weighted by Gasteiger charge is 2.21. The smallest absolute Gasteiger partial charge is 0.0456 e. The summed E-state index contributed by atoms with van der Waals surface area (Å²) in [6.07, 6.45) is 4.06. The maximum Gasteiger partial charge on any atom is 0.0456 e. The highest BCUT2D eigenvalue weighted by molar-refractivity contribution is 5.81. The molecule has 1 aliphatic carbocycles. The molecule has 1 fully saturated rings. The van der Waals surface area contributed by atoms with Gasteiger partial charge in [-0.05, 0) is 54.8 Å². The zero-order valence-electron chi connectivity index (χ0n) is 9.66. The number of nitrogens with two attached hydrogens (primary N) is 1. The molecular formula is C14H18N2. The minimum Gasteiger partial charge on any atom is -0.358 e. The topological polar surface area (TPSA) is 41.8 Å². The van der Waals surface area contributed by atoms with Gasteiger partial charge in [-0.1, -0.05) is 12.5 Å². The molecule has 3 rings (SSSR count). The largest absolute Gasteiger partial charge is 0.358 e. The number of H-pyrrole nitrogens is 1. The molecule has 0 bridgehead atoms. The zero-order valence-corrected chi connectivity index (χ0v) is 9.66. The average Bonchev–Trinajstić information content (AvgIpc) is 2.56. The fourth-order valence-corrected chi connectivity index (χ4v) is 2.40. The number of hydrogen-bond donors (Lipinski definition) is 2. The van der Waals surface area contributed by atoms with Gasteiger partial charge in [-0.2, -0.15) is 0 Å². The van der Waals surface area contributed by atoms with Crippen LogP contribution in [0.3, 0.4) is 0 Å². The molecule has 1 aliphatic rings. The first kappa shape index (κ1) is 9.91. The molecule has 1 aromatic carbocycles. The van der Waals surface area contributed by atoms with Crippen LogP contribution in [0.1, 0.15) is 49.4 Å². The Morgan fingerprint density at radius 1 is 1.31 bits per heavy atom. The van der Waals surface area contributed by atoms with Gasteiger partial charge in [0, 0.05) is 17.3 Å². The fourth-order valence-electron chi connectivity index (χ4n) is 2.40. The summed E-state index contributed by atoms with van der Waals surface area (Å²) >= 11 is 0. The zero-order chi connectivity index (χ0) is 11.1. The van der Waals surface area contributed by atoms with Crippen molar-refractivity contribution >= 4 is 10.9 Å². The summed E-state index contributed by atoms with van der Waals surface area (Å²) in [5, 5.41) is 1.30. The maximum atomic E-state index is 5.90. The van der Waals surface area contributed by atoms with Crippen LogP contribution in [0.2, 0.25) is 0 Å². The van der Waals surface area contributed by atoms with Crippen LogP contribution in [-0.2, 0) is 0 Å². The van der Waals surface area contributed by atoms with E-state index in [-0.39, 0.29) is 6.04 Å². The van der Waals surface area contributed by atoms with E-state index in [1.807, 2.05) is 6.92 Å². The Balaban J connectivity index is 2.03. The summed E-state index contributed by atoms with van der Waals surface area (Å²) in [6, 6.07) is 8.89. The third-order valence-corrected chi connectivity index (χ3v) is 3.74. The van der Waals surface area contributed by atoms with Gasteiger partial charge >= 0.3 is 0 Å². The van der Waals surface area contributed by atoms with E-state index in [1.54, 1.807) is 0 Å². The lowest BCUT2D eigenvalue weighted by Crippen LogP contribution is -2.08. The Labute approximate surface area is 95.8 Å². The third kappa shape index (κ3) is 1.54. The normalized spacial score (nSPS) is 18.6. The van der Waals surface area contributed by atoms with Crippen LogP contribution in [0.25, 0.3) is 10.9 Å². The molecule has 3 N–H and O–H groups in total. The van der Waals surface area contributed by atoms with Crippen LogP contribution in [-0.4, -0.2) is 4.98 Å². The number of benzene rings is 1. The van der Waals surface area contributed by atoms with Gasteiger partial charge in [0.25, 0.3) is 0 Å². The van der Waals surface area contributed by atoms with Gasteiger partial charge in [0.2, 0.25) is 0 Å². The molecule has 0 saturated heterocycles. The highest BCUT2D eigenvalue weighted by atomic mass is 14.7. The lowest BCUT2D eigenvalue weighted by Gasteiger charge is -2.23. The molecule has 84 valence electrons. The van der Waals surface area contributed by atoms with Crippen molar-refractivity contribution < 1.29 is 0 Å². The molecule has 1 saturated carbocycles. The monoisotopic (exact) mass is 214 g/mol. The molecule has 1 aromatic heterocycles. The van der Waals surface area contributed by atoms with Crippen molar-refractivity contribution in [1.29, 1.82) is 0 Å². The molecule has 0 radical (unpaired) electrons. The van der Waals surface area contributed by atoms with E-state index in [4.69, 9.17) is 5.73 Å². The Bertz CT molecular complexity index is 506. The number of rotatable bonds is 2. The number of hydrogen-bond acceptors (Lipinski definition) is 1. The van der Waals surface area contributed by atoms with E-state index in [9.17, 15) is 0 Å². The van der Waals surface area contributed by atoms with Gasteiger partial charge in [-0.3, -0.25) is 0 Å². The predicted octanol–water partition coefficient (Wildman–Crippen LogP) is 3.46. The molecule has 1 atom stereocenters. The minimum absolute atomic E-state index is 0.117.